The first-order valence-corrected chi connectivity index (χ1v) is 4.77. The third kappa shape index (κ3) is 1.82. The van der Waals surface area contributed by atoms with Crippen LogP contribution in [0.15, 0.2) is 48.8 Å². The predicted octanol–water partition coefficient (Wildman–Crippen LogP) is 2.18. The molecule has 0 unspecified atom stereocenters. The Morgan fingerprint density at radius 3 is 2.50 bits per heavy atom. The molecular weight excluding hydrogens is 200 g/mol. The number of carbonyl (C=O) groups excluding carboxylic acids is 1. The molecule has 0 aliphatic rings. The molecule has 0 atom stereocenters. The minimum atomic E-state index is -0.153. The van der Waals surface area contributed by atoms with Gasteiger partial charge < -0.3 is 0 Å². The van der Waals surface area contributed by atoms with Crippen molar-refractivity contribution in [3.05, 3.63) is 65.5 Å². The van der Waals surface area contributed by atoms with E-state index in [-0.39, 0.29) is 5.78 Å². The van der Waals surface area contributed by atoms with Crippen LogP contribution in [0.4, 0.5) is 0 Å². The van der Waals surface area contributed by atoms with Gasteiger partial charge in [0.25, 0.3) is 0 Å². The van der Waals surface area contributed by atoms with E-state index < -0.39 is 0 Å². The van der Waals surface area contributed by atoms with Crippen molar-refractivity contribution < 1.29 is 4.79 Å². The summed E-state index contributed by atoms with van der Waals surface area (Å²) in [6.45, 7) is 0. The monoisotopic (exact) mass is 208 g/mol. The van der Waals surface area contributed by atoms with Crippen molar-refractivity contribution >= 4 is 5.78 Å². The van der Waals surface area contributed by atoms with E-state index >= 15 is 0 Å². The summed E-state index contributed by atoms with van der Waals surface area (Å²) in [6.07, 6.45) is 3.12. The summed E-state index contributed by atoms with van der Waals surface area (Å²) in [4.78, 5) is 15.9. The zero-order valence-corrected chi connectivity index (χ0v) is 8.42. The average Bonchev–Trinajstić information content (AvgIpc) is 2.39. The minimum absolute atomic E-state index is 0.153. The van der Waals surface area contributed by atoms with Gasteiger partial charge in [-0.2, -0.15) is 5.26 Å². The molecule has 0 N–H and O–H groups in total. The summed E-state index contributed by atoms with van der Waals surface area (Å²) in [7, 11) is 0. The highest BCUT2D eigenvalue weighted by Crippen LogP contribution is 2.13. The van der Waals surface area contributed by atoms with Crippen molar-refractivity contribution in [3.63, 3.8) is 0 Å². The molecular formula is C13H8N2O. The van der Waals surface area contributed by atoms with Gasteiger partial charge in [0, 0.05) is 23.5 Å². The van der Waals surface area contributed by atoms with E-state index in [1.165, 1.54) is 0 Å². The zero-order chi connectivity index (χ0) is 11.4. The summed E-state index contributed by atoms with van der Waals surface area (Å²) in [5.41, 5.74) is 1.36. The second-order valence-corrected chi connectivity index (χ2v) is 3.22. The molecule has 3 heteroatoms. The van der Waals surface area contributed by atoms with Crippen LogP contribution < -0.4 is 0 Å². The summed E-state index contributed by atoms with van der Waals surface area (Å²) < 4.78 is 0. The standard InChI is InChI=1S/C13H8N2O/c14-9-11-3-1-2-4-12(11)13(16)10-5-7-15-8-6-10/h1-8H. The van der Waals surface area contributed by atoms with E-state index in [0.717, 1.165) is 0 Å². The Kier molecular flexibility index (Phi) is 2.75. The summed E-state index contributed by atoms with van der Waals surface area (Å²) in [6, 6.07) is 12.1. The van der Waals surface area contributed by atoms with E-state index in [0.29, 0.717) is 16.7 Å². The maximum absolute atomic E-state index is 12.0. The molecule has 2 rings (SSSR count). The van der Waals surface area contributed by atoms with Crippen molar-refractivity contribution in [2.45, 2.75) is 0 Å². The summed E-state index contributed by atoms with van der Waals surface area (Å²) >= 11 is 0. The van der Waals surface area contributed by atoms with Gasteiger partial charge in [0.2, 0.25) is 0 Å². The van der Waals surface area contributed by atoms with Crippen LogP contribution in [0.1, 0.15) is 21.5 Å². The molecule has 0 spiro atoms. The van der Waals surface area contributed by atoms with Gasteiger partial charge in [-0.15, -0.1) is 0 Å². The van der Waals surface area contributed by atoms with Gasteiger partial charge in [0.15, 0.2) is 5.78 Å². The molecule has 3 nitrogen and oxygen atoms in total. The first kappa shape index (κ1) is 10.1. The number of carbonyl (C=O) groups is 1. The fourth-order valence-corrected chi connectivity index (χ4v) is 1.44. The largest absolute Gasteiger partial charge is 0.289 e. The first-order chi connectivity index (χ1) is 7.83. The highest BCUT2D eigenvalue weighted by Gasteiger charge is 2.12. The molecule has 16 heavy (non-hydrogen) atoms. The molecule has 76 valence electrons. The van der Waals surface area contributed by atoms with E-state index in [1.54, 1.807) is 48.8 Å². The normalized spacial score (nSPS) is 9.44. The second-order valence-electron chi connectivity index (χ2n) is 3.22. The third-order valence-corrected chi connectivity index (χ3v) is 2.23. The van der Waals surface area contributed by atoms with Gasteiger partial charge >= 0.3 is 0 Å². The van der Waals surface area contributed by atoms with Crippen molar-refractivity contribution in [1.82, 2.24) is 4.98 Å². The molecule has 0 radical (unpaired) electrons. The Balaban J connectivity index is 2.47. The fraction of sp³-hybridized carbons (Fsp3) is 0. The lowest BCUT2D eigenvalue weighted by molar-refractivity contribution is 0.103. The minimum Gasteiger partial charge on any atom is -0.289 e. The Morgan fingerprint density at radius 2 is 1.81 bits per heavy atom. The lowest BCUT2D eigenvalue weighted by Crippen LogP contribution is -2.03. The summed E-state index contributed by atoms with van der Waals surface area (Å²) in [5, 5.41) is 8.90. The Bertz CT molecular complexity index is 556. The second kappa shape index (κ2) is 4.37. The number of hydrogen-bond acceptors (Lipinski definition) is 3. The van der Waals surface area contributed by atoms with Gasteiger partial charge in [-0.1, -0.05) is 12.1 Å². The van der Waals surface area contributed by atoms with Crippen LogP contribution in [-0.2, 0) is 0 Å². The van der Waals surface area contributed by atoms with E-state index in [2.05, 4.69) is 4.98 Å². The number of rotatable bonds is 2. The number of pyridine rings is 1. The van der Waals surface area contributed by atoms with Crippen LogP contribution in [0.5, 0.6) is 0 Å². The molecule has 0 aliphatic carbocycles. The number of nitriles is 1. The van der Waals surface area contributed by atoms with Gasteiger partial charge in [-0.3, -0.25) is 9.78 Å². The number of benzene rings is 1. The molecule has 0 saturated carbocycles. The molecule has 2 aromatic rings. The maximum Gasteiger partial charge on any atom is 0.194 e. The van der Waals surface area contributed by atoms with Crippen molar-refractivity contribution in [2.75, 3.05) is 0 Å². The van der Waals surface area contributed by atoms with E-state index in [1.807, 2.05) is 6.07 Å². The molecule has 1 heterocycles. The van der Waals surface area contributed by atoms with Crippen molar-refractivity contribution in [2.24, 2.45) is 0 Å². The van der Waals surface area contributed by atoms with E-state index in [9.17, 15) is 4.79 Å². The number of hydrogen-bond donors (Lipinski definition) is 0. The summed E-state index contributed by atoms with van der Waals surface area (Å²) in [5.74, 6) is -0.153. The van der Waals surface area contributed by atoms with Gasteiger partial charge in [-0.25, -0.2) is 0 Å². The zero-order valence-electron chi connectivity index (χ0n) is 8.42. The maximum atomic E-state index is 12.0. The third-order valence-electron chi connectivity index (χ3n) is 2.23. The Morgan fingerprint density at radius 1 is 1.12 bits per heavy atom. The molecule has 0 fully saturated rings. The molecule has 0 aliphatic heterocycles. The molecule has 1 aromatic carbocycles. The lowest BCUT2D eigenvalue weighted by atomic mass is 10.00. The number of ketones is 1. The Hall–Kier alpha value is -2.47. The van der Waals surface area contributed by atoms with Crippen LogP contribution in [0.3, 0.4) is 0 Å². The molecule has 0 bridgehead atoms. The van der Waals surface area contributed by atoms with E-state index in [4.69, 9.17) is 5.26 Å². The molecule has 1 aromatic heterocycles. The molecule has 0 amide bonds. The highest BCUT2D eigenvalue weighted by molar-refractivity contribution is 6.10. The van der Waals surface area contributed by atoms with Crippen molar-refractivity contribution in [3.8, 4) is 6.07 Å². The van der Waals surface area contributed by atoms with Crippen molar-refractivity contribution in [1.29, 1.82) is 5.26 Å². The van der Waals surface area contributed by atoms with Gasteiger partial charge in [0.1, 0.15) is 0 Å². The smallest absolute Gasteiger partial charge is 0.194 e. The lowest BCUT2D eigenvalue weighted by Gasteiger charge is -2.02. The van der Waals surface area contributed by atoms with Crippen LogP contribution in [0.25, 0.3) is 0 Å². The number of nitrogens with zero attached hydrogens (tertiary/aromatic N) is 2. The van der Waals surface area contributed by atoms with Gasteiger partial charge in [0.05, 0.1) is 11.6 Å². The fourth-order valence-electron chi connectivity index (χ4n) is 1.44. The van der Waals surface area contributed by atoms with Crippen LogP contribution in [0.2, 0.25) is 0 Å². The van der Waals surface area contributed by atoms with Crippen LogP contribution in [-0.4, -0.2) is 10.8 Å². The van der Waals surface area contributed by atoms with Crippen LogP contribution >= 0.6 is 0 Å². The quantitative estimate of drug-likeness (QED) is 0.711. The van der Waals surface area contributed by atoms with Gasteiger partial charge in [-0.05, 0) is 24.3 Å². The average molecular weight is 208 g/mol. The topological polar surface area (TPSA) is 53.8 Å². The van der Waals surface area contributed by atoms with Crippen LogP contribution in [0, 0.1) is 11.3 Å². The first-order valence-electron chi connectivity index (χ1n) is 4.77. The predicted molar refractivity (Wildman–Crippen MR) is 58.8 cm³/mol. The SMILES string of the molecule is N#Cc1ccccc1C(=O)c1ccncc1. The highest BCUT2D eigenvalue weighted by atomic mass is 16.1. The Labute approximate surface area is 93.0 Å². The number of aromatic nitrogens is 1. The molecule has 0 saturated heterocycles.